The van der Waals surface area contributed by atoms with Crippen LogP contribution in [0.2, 0.25) is 0 Å². The second-order valence-corrected chi connectivity index (χ2v) is 5.58. The van der Waals surface area contributed by atoms with Crippen LogP contribution in [0.15, 0.2) is 46.7 Å². The summed E-state index contributed by atoms with van der Waals surface area (Å²) in [5, 5.41) is 5.41. The van der Waals surface area contributed by atoms with Gasteiger partial charge in [-0.1, -0.05) is 30.3 Å². The molecule has 24 heavy (non-hydrogen) atoms. The first-order valence-corrected chi connectivity index (χ1v) is 8.09. The average molecular weight is 342 g/mol. The van der Waals surface area contributed by atoms with Crippen molar-refractivity contribution in [3.63, 3.8) is 0 Å². The van der Waals surface area contributed by atoms with Gasteiger partial charge in [0.05, 0.1) is 18.5 Å². The van der Waals surface area contributed by atoms with Crippen molar-refractivity contribution in [3.8, 4) is 11.3 Å². The zero-order valence-electron chi connectivity index (χ0n) is 12.8. The molecule has 8 heteroatoms. The molecule has 0 unspecified atom stereocenters. The van der Waals surface area contributed by atoms with Crippen molar-refractivity contribution in [2.45, 2.75) is 6.92 Å². The van der Waals surface area contributed by atoms with Crippen molar-refractivity contribution in [1.82, 2.24) is 15.0 Å². The van der Waals surface area contributed by atoms with Gasteiger partial charge in [-0.15, -0.1) is 11.3 Å². The molecule has 0 aliphatic rings. The normalized spacial score (nSPS) is 10.4. The average Bonchev–Trinajstić information content (AvgIpc) is 3.04. The highest BCUT2D eigenvalue weighted by Crippen LogP contribution is 2.25. The fourth-order valence-corrected chi connectivity index (χ4v) is 2.71. The van der Waals surface area contributed by atoms with Gasteiger partial charge in [-0.25, -0.2) is 14.8 Å². The second kappa shape index (κ2) is 7.05. The van der Waals surface area contributed by atoms with Crippen LogP contribution in [0.3, 0.4) is 0 Å². The van der Waals surface area contributed by atoms with E-state index in [2.05, 4.69) is 20.3 Å². The highest BCUT2D eigenvalue weighted by atomic mass is 32.1. The third-order valence-electron chi connectivity index (χ3n) is 3.09. The predicted molar refractivity (Wildman–Crippen MR) is 91.6 cm³/mol. The first-order valence-electron chi connectivity index (χ1n) is 7.22. The Labute approximate surface area is 141 Å². The molecule has 0 amide bonds. The van der Waals surface area contributed by atoms with Crippen LogP contribution in [0.5, 0.6) is 0 Å². The Morgan fingerprint density at radius 1 is 1.33 bits per heavy atom. The minimum absolute atomic E-state index is 0.133. The molecule has 122 valence electrons. The number of nitrogens with one attached hydrogen (secondary N) is 2. The van der Waals surface area contributed by atoms with Crippen molar-refractivity contribution in [2.75, 3.05) is 11.9 Å². The number of benzene rings is 1. The maximum Gasteiger partial charge on any atom is 0.345 e. The molecule has 0 aliphatic heterocycles. The number of hydrogen-bond donors (Lipinski definition) is 2. The van der Waals surface area contributed by atoms with E-state index in [-0.39, 0.29) is 18.1 Å². The monoisotopic (exact) mass is 342 g/mol. The summed E-state index contributed by atoms with van der Waals surface area (Å²) >= 11 is 1.39. The number of thiazole rings is 1. The van der Waals surface area contributed by atoms with E-state index >= 15 is 0 Å². The fourth-order valence-electron chi connectivity index (χ4n) is 1.99. The highest BCUT2D eigenvalue weighted by molar-refractivity contribution is 7.14. The molecule has 0 spiro atoms. The molecule has 7 nitrogen and oxygen atoms in total. The zero-order valence-corrected chi connectivity index (χ0v) is 13.6. The number of anilines is 2. The molecule has 0 aliphatic carbocycles. The topological polar surface area (TPSA) is 97.0 Å². The Morgan fingerprint density at radius 2 is 2.12 bits per heavy atom. The third-order valence-corrected chi connectivity index (χ3v) is 3.85. The lowest BCUT2D eigenvalue weighted by atomic mass is 10.2. The zero-order chi connectivity index (χ0) is 16.9. The number of ether oxygens (including phenoxy) is 1. The van der Waals surface area contributed by atoms with E-state index in [0.29, 0.717) is 5.13 Å². The molecule has 0 bridgehead atoms. The number of rotatable bonds is 5. The molecule has 0 saturated carbocycles. The van der Waals surface area contributed by atoms with Crippen molar-refractivity contribution in [3.05, 3.63) is 57.8 Å². The molecule has 3 rings (SSSR count). The van der Waals surface area contributed by atoms with Crippen molar-refractivity contribution < 1.29 is 9.53 Å². The predicted octanol–water partition coefficient (Wildman–Crippen LogP) is 2.81. The lowest BCUT2D eigenvalue weighted by Gasteiger charge is -2.03. The molecule has 3 aromatic rings. The molecular formula is C16H14N4O3S. The highest BCUT2D eigenvalue weighted by Gasteiger charge is 2.13. The van der Waals surface area contributed by atoms with Crippen LogP contribution in [0.1, 0.15) is 17.3 Å². The lowest BCUT2D eigenvalue weighted by Crippen LogP contribution is -2.21. The Morgan fingerprint density at radius 3 is 2.83 bits per heavy atom. The summed E-state index contributed by atoms with van der Waals surface area (Å²) in [5.74, 6) is -0.486. The molecule has 0 radical (unpaired) electrons. The first kappa shape index (κ1) is 15.9. The van der Waals surface area contributed by atoms with Crippen LogP contribution in [-0.4, -0.2) is 27.5 Å². The number of carbonyl (C=O) groups is 1. The number of esters is 1. The summed E-state index contributed by atoms with van der Waals surface area (Å²) in [7, 11) is 0. The van der Waals surface area contributed by atoms with Crippen molar-refractivity contribution in [1.29, 1.82) is 0 Å². The summed E-state index contributed by atoms with van der Waals surface area (Å²) in [4.78, 5) is 34.5. The van der Waals surface area contributed by atoms with Gasteiger partial charge in [0.1, 0.15) is 5.56 Å². The van der Waals surface area contributed by atoms with E-state index in [1.165, 1.54) is 17.5 Å². The van der Waals surface area contributed by atoms with E-state index in [1.54, 1.807) is 6.92 Å². The Kier molecular flexibility index (Phi) is 4.66. The Balaban J connectivity index is 1.77. The van der Waals surface area contributed by atoms with Gasteiger partial charge < -0.3 is 10.1 Å². The van der Waals surface area contributed by atoms with Gasteiger partial charge in [0.15, 0.2) is 5.13 Å². The number of H-pyrrole nitrogens is 1. The minimum Gasteiger partial charge on any atom is -0.462 e. The van der Waals surface area contributed by atoms with Gasteiger partial charge in [-0.3, -0.25) is 9.78 Å². The number of aromatic nitrogens is 3. The molecule has 2 heterocycles. The molecular weight excluding hydrogens is 328 g/mol. The second-order valence-electron chi connectivity index (χ2n) is 4.72. The molecule has 1 aromatic carbocycles. The Bertz CT molecular complexity index is 905. The molecule has 0 saturated heterocycles. The van der Waals surface area contributed by atoms with E-state index in [1.807, 2.05) is 35.7 Å². The number of hydrogen-bond acceptors (Lipinski definition) is 7. The molecule has 0 atom stereocenters. The summed E-state index contributed by atoms with van der Waals surface area (Å²) in [6.45, 7) is 1.86. The van der Waals surface area contributed by atoms with Gasteiger partial charge in [0.2, 0.25) is 5.95 Å². The van der Waals surface area contributed by atoms with Crippen LogP contribution >= 0.6 is 11.3 Å². The molecule has 2 N–H and O–H groups in total. The maximum absolute atomic E-state index is 11.9. The minimum atomic E-state index is -0.696. The molecule has 2 aromatic heterocycles. The smallest absolute Gasteiger partial charge is 0.345 e. The van der Waals surface area contributed by atoms with Gasteiger partial charge >= 0.3 is 5.97 Å². The SMILES string of the molecule is CCOC(=O)c1cnc(Nc2nc(-c3ccccc3)cs2)[nH]c1=O. The van der Waals surface area contributed by atoms with E-state index < -0.39 is 11.5 Å². The summed E-state index contributed by atoms with van der Waals surface area (Å²) in [6.07, 6.45) is 1.19. The number of carbonyl (C=O) groups excluding carboxylic acids is 1. The van der Waals surface area contributed by atoms with Gasteiger partial charge in [0, 0.05) is 10.9 Å². The van der Waals surface area contributed by atoms with Gasteiger partial charge in [-0.2, -0.15) is 0 Å². The maximum atomic E-state index is 11.9. The fraction of sp³-hybridized carbons (Fsp3) is 0.125. The Hall–Kier alpha value is -3.00. The summed E-state index contributed by atoms with van der Waals surface area (Å²) in [6, 6.07) is 9.75. The van der Waals surface area contributed by atoms with Gasteiger partial charge in [0.25, 0.3) is 5.56 Å². The quantitative estimate of drug-likeness (QED) is 0.692. The van der Waals surface area contributed by atoms with Crippen LogP contribution < -0.4 is 10.9 Å². The number of nitrogens with zero attached hydrogens (tertiary/aromatic N) is 2. The van der Waals surface area contributed by atoms with Crippen LogP contribution in [0.4, 0.5) is 11.1 Å². The van der Waals surface area contributed by atoms with Crippen molar-refractivity contribution in [2.24, 2.45) is 0 Å². The van der Waals surface area contributed by atoms with Crippen LogP contribution in [0, 0.1) is 0 Å². The number of aromatic amines is 1. The van der Waals surface area contributed by atoms with E-state index in [0.717, 1.165) is 11.3 Å². The van der Waals surface area contributed by atoms with E-state index in [9.17, 15) is 9.59 Å². The standard InChI is InChI=1S/C16H14N4O3S/c1-2-23-14(22)11-8-17-15(19-13(11)21)20-16-18-12(9-24-16)10-6-4-3-5-7-10/h3-9H,2H2,1H3,(H2,17,18,19,20,21). The van der Waals surface area contributed by atoms with Crippen molar-refractivity contribution >= 4 is 28.4 Å². The lowest BCUT2D eigenvalue weighted by molar-refractivity contribution is 0.0524. The molecule has 0 fully saturated rings. The largest absolute Gasteiger partial charge is 0.462 e. The first-order chi connectivity index (χ1) is 11.7. The summed E-state index contributed by atoms with van der Waals surface area (Å²) in [5.41, 5.74) is 1.13. The van der Waals surface area contributed by atoms with Gasteiger partial charge in [-0.05, 0) is 6.92 Å². The summed E-state index contributed by atoms with van der Waals surface area (Å²) < 4.78 is 4.79. The van der Waals surface area contributed by atoms with Crippen LogP contribution in [-0.2, 0) is 4.74 Å². The third kappa shape index (κ3) is 3.49. The van der Waals surface area contributed by atoms with Crippen LogP contribution in [0.25, 0.3) is 11.3 Å². The van der Waals surface area contributed by atoms with E-state index in [4.69, 9.17) is 4.74 Å².